The van der Waals surface area contributed by atoms with E-state index in [4.69, 9.17) is 5.73 Å². The van der Waals surface area contributed by atoms with Crippen LogP contribution in [-0.4, -0.2) is 28.8 Å². The molecule has 0 aliphatic heterocycles. The zero-order valence-corrected chi connectivity index (χ0v) is 15.9. The molecule has 2 amide bonds. The number of nitrogens with two attached hydrogens (primary N) is 1. The molecular weight excluding hydrogens is 300 g/mol. The lowest BCUT2D eigenvalue weighted by Crippen LogP contribution is -2.48. The molecule has 1 saturated carbocycles. The molecule has 4 nitrogen and oxygen atoms in total. The van der Waals surface area contributed by atoms with Crippen LogP contribution in [-0.2, 0) is 9.59 Å². The number of nitrogens with zero attached hydrogens (tertiary/aromatic N) is 1. The van der Waals surface area contributed by atoms with Crippen LogP contribution in [0.15, 0.2) is 0 Å². The van der Waals surface area contributed by atoms with Crippen LogP contribution < -0.4 is 5.73 Å². The number of rotatable bonds is 11. The predicted octanol–water partition coefficient (Wildman–Crippen LogP) is 4.55. The molecule has 24 heavy (non-hydrogen) atoms. The Hall–Kier alpha value is -0.900. The summed E-state index contributed by atoms with van der Waals surface area (Å²) in [5.74, 6) is 0.0661. The van der Waals surface area contributed by atoms with Crippen molar-refractivity contribution in [3.63, 3.8) is 0 Å². The van der Waals surface area contributed by atoms with Gasteiger partial charge in [0.1, 0.15) is 0 Å². The van der Waals surface area contributed by atoms with Crippen molar-refractivity contribution in [2.24, 2.45) is 5.73 Å². The van der Waals surface area contributed by atoms with Gasteiger partial charge in [0, 0.05) is 24.9 Å². The molecule has 0 saturated heterocycles. The van der Waals surface area contributed by atoms with Crippen molar-refractivity contribution < 1.29 is 9.59 Å². The third-order valence-electron chi connectivity index (χ3n) is 5.08. The maximum Gasteiger partial charge on any atom is 0.229 e. The Labute approximate surface area is 148 Å². The quantitative estimate of drug-likeness (QED) is 0.562. The van der Waals surface area contributed by atoms with Gasteiger partial charge in [0.2, 0.25) is 11.8 Å². The van der Waals surface area contributed by atoms with E-state index in [-0.39, 0.29) is 23.9 Å². The highest BCUT2D eigenvalue weighted by Gasteiger charge is 2.32. The Kier molecular flexibility index (Phi) is 11.0. The normalized spacial score (nSPS) is 20.8. The van der Waals surface area contributed by atoms with Gasteiger partial charge < -0.3 is 5.73 Å². The number of amides is 2. The summed E-state index contributed by atoms with van der Waals surface area (Å²) < 4.78 is 0. The number of imide groups is 1. The molecule has 0 heterocycles. The average Bonchev–Trinajstić information content (AvgIpc) is 2.56. The standard InChI is InChI=1S/C20H38N2O2/c1-3-5-7-9-14-19(23)22(18-13-11-12-17(21)16-18)20(24)15-10-8-6-4-2/h17-18H,3-16,21H2,1-2H3. The van der Waals surface area contributed by atoms with Crippen molar-refractivity contribution in [2.75, 3.05) is 0 Å². The number of hydrogen-bond donors (Lipinski definition) is 1. The molecule has 1 aliphatic carbocycles. The van der Waals surface area contributed by atoms with E-state index in [0.717, 1.165) is 77.0 Å². The third-order valence-corrected chi connectivity index (χ3v) is 5.08. The summed E-state index contributed by atoms with van der Waals surface area (Å²) in [6.07, 6.45) is 13.3. The molecule has 1 rings (SSSR count). The fourth-order valence-corrected chi connectivity index (χ4v) is 3.63. The lowest BCUT2D eigenvalue weighted by Gasteiger charge is -2.35. The first-order chi connectivity index (χ1) is 11.6. The zero-order chi connectivity index (χ0) is 17.8. The maximum atomic E-state index is 12.7. The van der Waals surface area contributed by atoms with Crippen LogP contribution in [0, 0.1) is 0 Å². The largest absolute Gasteiger partial charge is 0.328 e. The van der Waals surface area contributed by atoms with Gasteiger partial charge in [0.25, 0.3) is 0 Å². The first-order valence-electron chi connectivity index (χ1n) is 10.2. The second-order valence-electron chi connectivity index (χ2n) is 7.36. The van der Waals surface area contributed by atoms with Crippen molar-refractivity contribution in [3.05, 3.63) is 0 Å². The van der Waals surface area contributed by atoms with Crippen LogP contribution in [0.1, 0.15) is 104 Å². The summed E-state index contributed by atoms with van der Waals surface area (Å²) in [6, 6.07) is 0.165. The van der Waals surface area contributed by atoms with Crippen molar-refractivity contribution in [3.8, 4) is 0 Å². The van der Waals surface area contributed by atoms with E-state index in [2.05, 4.69) is 13.8 Å². The monoisotopic (exact) mass is 338 g/mol. The number of unbranched alkanes of at least 4 members (excludes halogenated alkanes) is 6. The van der Waals surface area contributed by atoms with Gasteiger partial charge in [-0.3, -0.25) is 14.5 Å². The number of carbonyl (C=O) groups is 2. The maximum absolute atomic E-state index is 12.7. The van der Waals surface area contributed by atoms with E-state index in [1.54, 1.807) is 4.90 Å². The summed E-state index contributed by atoms with van der Waals surface area (Å²) in [5, 5.41) is 0. The van der Waals surface area contributed by atoms with Gasteiger partial charge in [-0.25, -0.2) is 0 Å². The van der Waals surface area contributed by atoms with Gasteiger partial charge in [0.05, 0.1) is 0 Å². The lowest BCUT2D eigenvalue weighted by atomic mass is 9.90. The summed E-state index contributed by atoms with van der Waals surface area (Å²) in [7, 11) is 0. The Morgan fingerprint density at radius 2 is 1.42 bits per heavy atom. The average molecular weight is 339 g/mol. The smallest absolute Gasteiger partial charge is 0.229 e. The van der Waals surface area contributed by atoms with Crippen LogP contribution in [0.5, 0.6) is 0 Å². The Bertz CT molecular complexity index is 347. The molecule has 2 unspecified atom stereocenters. The highest BCUT2D eigenvalue weighted by molar-refractivity contribution is 5.95. The summed E-state index contributed by atoms with van der Waals surface area (Å²) in [4.78, 5) is 27.0. The van der Waals surface area contributed by atoms with E-state index in [1.165, 1.54) is 0 Å². The first kappa shape index (κ1) is 21.1. The van der Waals surface area contributed by atoms with Gasteiger partial charge >= 0.3 is 0 Å². The van der Waals surface area contributed by atoms with Gasteiger partial charge in [-0.1, -0.05) is 52.4 Å². The van der Waals surface area contributed by atoms with E-state index in [9.17, 15) is 9.59 Å². The third kappa shape index (κ3) is 7.78. The second kappa shape index (κ2) is 12.5. The minimum Gasteiger partial charge on any atom is -0.328 e. The molecule has 0 spiro atoms. The molecule has 2 atom stereocenters. The van der Waals surface area contributed by atoms with Crippen molar-refractivity contribution in [1.82, 2.24) is 4.90 Å². The van der Waals surface area contributed by atoms with Crippen molar-refractivity contribution in [2.45, 2.75) is 116 Å². The Morgan fingerprint density at radius 3 is 1.88 bits per heavy atom. The molecule has 1 aliphatic rings. The summed E-state index contributed by atoms with van der Waals surface area (Å²) in [5.41, 5.74) is 6.09. The van der Waals surface area contributed by atoms with Gasteiger partial charge in [-0.05, 0) is 38.5 Å². The molecule has 140 valence electrons. The fraction of sp³-hybridized carbons (Fsp3) is 0.900. The summed E-state index contributed by atoms with van der Waals surface area (Å²) in [6.45, 7) is 4.33. The molecule has 0 aromatic rings. The minimum atomic E-state index is 0.0331. The van der Waals surface area contributed by atoms with Crippen LogP contribution in [0.25, 0.3) is 0 Å². The predicted molar refractivity (Wildman–Crippen MR) is 99.6 cm³/mol. The molecule has 0 aromatic carbocycles. The van der Waals surface area contributed by atoms with Crippen LogP contribution in [0.2, 0.25) is 0 Å². The second-order valence-corrected chi connectivity index (χ2v) is 7.36. The zero-order valence-electron chi connectivity index (χ0n) is 15.9. The Morgan fingerprint density at radius 1 is 0.875 bits per heavy atom. The van der Waals surface area contributed by atoms with Crippen molar-refractivity contribution >= 4 is 11.8 Å². The molecule has 2 N–H and O–H groups in total. The highest BCUT2D eigenvalue weighted by Crippen LogP contribution is 2.24. The Balaban J connectivity index is 2.60. The van der Waals surface area contributed by atoms with Gasteiger partial charge in [-0.15, -0.1) is 0 Å². The van der Waals surface area contributed by atoms with E-state index >= 15 is 0 Å². The fourth-order valence-electron chi connectivity index (χ4n) is 3.63. The lowest BCUT2D eigenvalue weighted by molar-refractivity contribution is -0.148. The first-order valence-corrected chi connectivity index (χ1v) is 10.2. The SMILES string of the molecule is CCCCCCC(=O)N(C(=O)CCCCCC)C1CCCC(N)C1. The molecular formula is C20H38N2O2. The van der Waals surface area contributed by atoms with Crippen LogP contribution in [0.3, 0.4) is 0 Å². The van der Waals surface area contributed by atoms with Gasteiger partial charge in [-0.2, -0.15) is 0 Å². The topological polar surface area (TPSA) is 63.4 Å². The molecule has 0 bridgehead atoms. The summed E-state index contributed by atoms with van der Waals surface area (Å²) >= 11 is 0. The molecule has 4 heteroatoms. The highest BCUT2D eigenvalue weighted by atomic mass is 16.2. The van der Waals surface area contributed by atoms with Crippen LogP contribution in [0.4, 0.5) is 0 Å². The van der Waals surface area contributed by atoms with Gasteiger partial charge in [0.15, 0.2) is 0 Å². The number of carbonyl (C=O) groups excluding carboxylic acids is 2. The molecule has 1 fully saturated rings. The minimum absolute atomic E-state index is 0.0331. The van der Waals surface area contributed by atoms with E-state index in [1.807, 2.05) is 0 Å². The van der Waals surface area contributed by atoms with E-state index in [0.29, 0.717) is 12.8 Å². The molecule has 0 aromatic heterocycles. The van der Waals surface area contributed by atoms with Crippen molar-refractivity contribution in [1.29, 1.82) is 0 Å². The molecule has 0 radical (unpaired) electrons. The van der Waals surface area contributed by atoms with E-state index < -0.39 is 0 Å². The number of hydrogen-bond acceptors (Lipinski definition) is 3. The van der Waals surface area contributed by atoms with Crippen LogP contribution >= 0.6 is 0 Å².